The Morgan fingerprint density at radius 2 is 2.23 bits per heavy atom. The summed E-state index contributed by atoms with van der Waals surface area (Å²) < 4.78 is 0. The molecule has 0 amide bonds. The highest BCUT2D eigenvalue weighted by Gasteiger charge is 1.98. The van der Waals surface area contributed by atoms with E-state index in [9.17, 15) is 4.79 Å². The van der Waals surface area contributed by atoms with Crippen LogP contribution in [0.15, 0.2) is 23.1 Å². The molecular weight excluding hydrogens is 180 g/mol. The highest BCUT2D eigenvalue weighted by molar-refractivity contribution is 7.98. The smallest absolute Gasteiger partial charge is 0.120 e. The van der Waals surface area contributed by atoms with Crippen LogP contribution in [-0.4, -0.2) is 12.5 Å². The van der Waals surface area contributed by atoms with Crippen molar-refractivity contribution in [3.8, 4) is 0 Å². The number of aryl methyl sites for hydroxylation is 2. The van der Waals surface area contributed by atoms with Crippen molar-refractivity contribution in [1.29, 1.82) is 0 Å². The number of carbonyl (C=O) groups excluding carboxylic acids is 1. The lowest BCUT2D eigenvalue weighted by atomic mass is 10.1. The maximum absolute atomic E-state index is 10.2. The van der Waals surface area contributed by atoms with E-state index in [1.54, 1.807) is 11.8 Å². The lowest BCUT2D eigenvalue weighted by Gasteiger charge is -2.04. The molecule has 1 rings (SSSR count). The van der Waals surface area contributed by atoms with Crippen molar-refractivity contribution in [3.05, 3.63) is 29.3 Å². The van der Waals surface area contributed by atoms with Crippen molar-refractivity contribution in [1.82, 2.24) is 0 Å². The second kappa shape index (κ2) is 5.07. The summed E-state index contributed by atoms with van der Waals surface area (Å²) in [5.41, 5.74) is 2.55. The molecule has 0 saturated carbocycles. The van der Waals surface area contributed by atoms with Crippen LogP contribution in [-0.2, 0) is 11.2 Å². The molecule has 0 bridgehead atoms. The van der Waals surface area contributed by atoms with E-state index in [1.165, 1.54) is 16.0 Å². The standard InChI is InChI=1S/C11H14OS/c1-9-8-10(4-3-7-12)5-6-11(9)13-2/h5-8H,3-4H2,1-2H3. The Morgan fingerprint density at radius 3 is 2.77 bits per heavy atom. The molecule has 0 unspecified atom stereocenters. The van der Waals surface area contributed by atoms with Gasteiger partial charge in [-0.1, -0.05) is 12.1 Å². The zero-order valence-electron chi connectivity index (χ0n) is 8.04. The van der Waals surface area contributed by atoms with Crippen molar-refractivity contribution in [2.75, 3.05) is 6.26 Å². The molecule has 0 aliphatic rings. The molecule has 0 aromatic heterocycles. The Hall–Kier alpha value is -0.760. The Morgan fingerprint density at radius 1 is 1.46 bits per heavy atom. The molecule has 2 heteroatoms. The van der Waals surface area contributed by atoms with Gasteiger partial charge in [-0.25, -0.2) is 0 Å². The molecule has 13 heavy (non-hydrogen) atoms. The SMILES string of the molecule is CSc1ccc(CCC=O)cc1C. The van der Waals surface area contributed by atoms with Crippen molar-refractivity contribution >= 4 is 18.0 Å². The number of hydrogen-bond acceptors (Lipinski definition) is 2. The summed E-state index contributed by atoms with van der Waals surface area (Å²) in [6, 6.07) is 6.39. The molecule has 1 nitrogen and oxygen atoms in total. The number of hydrogen-bond donors (Lipinski definition) is 0. The first-order chi connectivity index (χ1) is 6.27. The molecule has 0 fully saturated rings. The zero-order chi connectivity index (χ0) is 9.68. The van der Waals surface area contributed by atoms with Crippen molar-refractivity contribution < 1.29 is 4.79 Å². The lowest BCUT2D eigenvalue weighted by Crippen LogP contribution is -1.88. The fourth-order valence-electron chi connectivity index (χ4n) is 1.32. The first-order valence-corrected chi connectivity index (χ1v) is 5.57. The van der Waals surface area contributed by atoms with Crippen LogP contribution in [0.4, 0.5) is 0 Å². The van der Waals surface area contributed by atoms with Gasteiger partial charge in [0.2, 0.25) is 0 Å². The second-order valence-electron chi connectivity index (χ2n) is 3.01. The summed E-state index contributed by atoms with van der Waals surface area (Å²) in [4.78, 5) is 11.5. The van der Waals surface area contributed by atoms with Crippen LogP contribution in [0.1, 0.15) is 17.5 Å². The first-order valence-electron chi connectivity index (χ1n) is 4.35. The van der Waals surface area contributed by atoms with E-state index in [4.69, 9.17) is 0 Å². The van der Waals surface area contributed by atoms with E-state index >= 15 is 0 Å². The predicted octanol–water partition coefficient (Wildman–Crippen LogP) is 2.85. The predicted molar refractivity (Wildman–Crippen MR) is 57.3 cm³/mol. The summed E-state index contributed by atoms with van der Waals surface area (Å²) in [5.74, 6) is 0. The van der Waals surface area contributed by atoms with Gasteiger partial charge in [0.25, 0.3) is 0 Å². The van der Waals surface area contributed by atoms with E-state index < -0.39 is 0 Å². The summed E-state index contributed by atoms with van der Waals surface area (Å²) in [6.45, 7) is 2.11. The highest BCUT2D eigenvalue weighted by atomic mass is 32.2. The molecule has 1 aromatic carbocycles. The molecule has 0 saturated heterocycles. The largest absolute Gasteiger partial charge is 0.303 e. The molecule has 0 aliphatic carbocycles. The number of carbonyl (C=O) groups is 1. The van der Waals surface area contributed by atoms with Gasteiger partial charge in [-0.05, 0) is 36.8 Å². The van der Waals surface area contributed by atoms with Crippen LogP contribution >= 0.6 is 11.8 Å². The van der Waals surface area contributed by atoms with E-state index in [0.717, 1.165) is 12.7 Å². The minimum Gasteiger partial charge on any atom is -0.303 e. The van der Waals surface area contributed by atoms with Gasteiger partial charge in [-0.15, -0.1) is 11.8 Å². The monoisotopic (exact) mass is 194 g/mol. The van der Waals surface area contributed by atoms with Crippen molar-refractivity contribution in [3.63, 3.8) is 0 Å². The van der Waals surface area contributed by atoms with E-state index in [-0.39, 0.29) is 0 Å². The number of aldehydes is 1. The van der Waals surface area contributed by atoms with Crippen LogP contribution in [0.2, 0.25) is 0 Å². The minimum atomic E-state index is 0.623. The molecule has 0 radical (unpaired) electrons. The summed E-state index contributed by atoms with van der Waals surface area (Å²) in [5, 5.41) is 0. The Balaban J connectivity index is 2.76. The van der Waals surface area contributed by atoms with Gasteiger partial charge in [0.1, 0.15) is 6.29 Å². The van der Waals surface area contributed by atoms with Crippen LogP contribution in [0, 0.1) is 6.92 Å². The number of rotatable bonds is 4. The normalized spacial score (nSPS) is 10.0. The van der Waals surface area contributed by atoms with Gasteiger partial charge in [0.15, 0.2) is 0 Å². The van der Waals surface area contributed by atoms with Crippen LogP contribution in [0.3, 0.4) is 0 Å². The topological polar surface area (TPSA) is 17.1 Å². The minimum absolute atomic E-state index is 0.623. The molecule has 1 aromatic rings. The van der Waals surface area contributed by atoms with Gasteiger partial charge in [-0.2, -0.15) is 0 Å². The maximum atomic E-state index is 10.2. The third-order valence-corrected chi connectivity index (χ3v) is 2.91. The first kappa shape index (κ1) is 10.3. The molecule has 0 spiro atoms. The molecular formula is C11H14OS. The van der Waals surface area contributed by atoms with Crippen LogP contribution < -0.4 is 0 Å². The van der Waals surface area contributed by atoms with E-state index in [0.29, 0.717) is 6.42 Å². The molecule has 0 aliphatic heterocycles. The van der Waals surface area contributed by atoms with E-state index in [2.05, 4.69) is 31.4 Å². The average molecular weight is 194 g/mol. The summed E-state index contributed by atoms with van der Waals surface area (Å²) in [7, 11) is 0. The highest BCUT2D eigenvalue weighted by Crippen LogP contribution is 2.20. The third-order valence-electron chi connectivity index (χ3n) is 2.01. The van der Waals surface area contributed by atoms with Crippen LogP contribution in [0.25, 0.3) is 0 Å². The van der Waals surface area contributed by atoms with Gasteiger partial charge in [0.05, 0.1) is 0 Å². The molecule has 0 N–H and O–H groups in total. The number of thioether (sulfide) groups is 1. The average Bonchev–Trinajstić information content (AvgIpc) is 2.15. The quantitative estimate of drug-likeness (QED) is 0.541. The van der Waals surface area contributed by atoms with Crippen LogP contribution in [0.5, 0.6) is 0 Å². The number of benzene rings is 1. The Bertz CT molecular complexity index is 294. The third kappa shape index (κ3) is 2.88. The Labute approximate surface area is 83.5 Å². The lowest BCUT2D eigenvalue weighted by molar-refractivity contribution is -0.107. The molecule has 70 valence electrons. The van der Waals surface area contributed by atoms with Gasteiger partial charge in [0, 0.05) is 11.3 Å². The fourth-order valence-corrected chi connectivity index (χ4v) is 1.91. The molecule has 0 heterocycles. The van der Waals surface area contributed by atoms with Gasteiger partial charge >= 0.3 is 0 Å². The second-order valence-corrected chi connectivity index (χ2v) is 3.86. The van der Waals surface area contributed by atoms with Crippen molar-refractivity contribution in [2.24, 2.45) is 0 Å². The summed E-state index contributed by atoms with van der Waals surface area (Å²) >= 11 is 1.76. The zero-order valence-corrected chi connectivity index (χ0v) is 8.86. The maximum Gasteiger partial charge on any atom is 0.120 e. The molecule has 0 atom stereocenters. The van der Waals surface area contributed by atoms with Gasteiger partial charge in [-0.3, -0.25) is 0 Å². The fraction of sp³-hybridized carbons (Fsp3) is 0.364. The van der Waals surface area contributed by atoms with Crippen molar-refractivity contribution in [2.45, 2.75) is 24.7 Å². The summed E-state index contributed by atoms with van der Waals surface area (Å²) in [6.07, 6.45) is 4.53. The Kier molecular flexibility index (Phi) is 4.03. The van der Waals surface area contributed by atoms with E-state index in [1.807, 2.05) is 0 Å². The van der Waals surface area contributed by atoms with Gasteiger partial charge < -0.3 is 4.79 Å².